The number of aryl methyl sites for hydroxylation is 1. The quantitative estimate of drug-likeness (QED) is 0.891. The third-order valence-electron chi connectivity index (χ3n) is 3.88. The lowest BCUT2D eigenvalue weighted by Gasteiger charge is -2.16. The van der Waals surface area contributed by atoms with Crippen molar-refractivity contribution in [1.82, 2.24) is 4.98 Å². The Morgan fingerprint density at radius 1 is 1.40 bits per heavy atom. The summed E-state index contributed by atoms with van der Waals surface area (Å²) in [6.07, 6.45) is 0.921. The van der Waals surface area contributed by atoms with Gasteiger partial charge in [-0.25, -0.2) is 4.98 Å². The molecule has 1 amide bonds. The van der Waals surface area contributed by atoms with Crippen LogP contribution < -0.4 is 11.1 Å². The number of thiazole rings is 1. The van der Waals surface area contributed by atoms with E-state index >= 15 is 0 Å². The molecule has 2 heterocycles. The van der Waals surface area contributed by atoms with Crippen LogP contribution in [0.3, 0.4) is 0 Å². The van der Waals surface area contributed by atoms with Gasteiger partial charge in [-0.1, -0.05) is 13.0 Å². The van der Waals surface area contributed by atoms with Crippen LogP contribution in [0.25, 0.3) is 11.3 Å². The minimum absolute atomic E-state index is 0.0326. The lowest BCUT2D eigenvalue weighted by Crippen LogP contribution is -2.26. The molecule has 2 aromatic rings. The Morgan fingerprint density at radius 3 is 2.75 bits per heavy atom. The van der Waals surface area contributed by atoms with Gasteiger partial charge < -0.3 is 11.1 Å². The van der Waals surface area contributed by atoms with Crippen LogP contribution in [0.15, 0.2) is 17.5 Å². The minimum Gasteiger partial charge on any atom is -0.375 e. The van der Waals surface area contributed by atoms with E-state index in [-0.39, 0.29) is 5.91 Å². The maximum Gasteiger partial charge on any atom is 0.234 e. The Morgan fingerprint density at radius 2 is 2.15 bits per heavy atom. The van der Waals surface area contributed by atoms with Crippen molar-refractivity contribution >= 4 is 28.1 Å². The second-order valence-electron chi connectivity index (χ2n) is 5.57. The normalized spacial score (nSPS) is 16.1. The van der Waals surface area contributed by atoms with Gasteiger partial charge in [0.15, 0.2) is 5.13 Å². The number of fused-ring (bicyclic) bond motifs is 1. The summed E-state index contributed by atoms with van der Waals surface area (Å²) >= 11 is 1.41. The summed E-state index contributed by atoms with van der Waals surface area (Å²) in [5, 5.41) is 5.47. The molecule has 0 saturated heterocycles. The number of anilines is 2. The lowest BCUT2D eigenvalue weighted by molar-refractivity contribution is -0.119. The third kappa shape index (κ3) is 1.81. The first-order valence-electron chi connectivity index (χ1n) is 6.63. The third-order valence-corrected chi connectivity index (χ3v) is 4.56. The monoisotopic (exact) mass is 287 g/mol. The maximum absolute atomic E-state index is 12.2. The molecule has 3 rings (SSSR count). The summed E-state index contributed by atoms with van der Waals surface area (Å²) < 4.78 is 0. The molecule has 5 heteroatoms. The maximum atomic E-state index is 12.2. The number of nitrogens with zero attached hydrogens (tertiary/aromatic N) is 1. The van der Waals surface area contributed by atoms with Gasteiger partial charge in [0.2, 0.25) is 5.91 Å². The summed E-state index contributed by atoms with van der Waals surface area (Å²) in [4.78, 5) is 16.5. The molecule has 0 bridgehead atoms. The first-order valence-corrected chi connectivity index (χ1v) is 7.51. The van der Waals surface area contributed by atoms with E-state index in [2.05, 4.69) is 29.4 Å². The molecule has 1 aromatic heterocycles. The van der Waals surface area contributed by atoms with Gasteiger partial charge >= 0.3 is 0 Å². The Kier molecular flexibility index (Phi) is 2.83. The van der Waals surface area contributed by atoms with E-state index in [9.17, 15) is 4.79 Å². The highest BCUT2D eigenvalue weighted by atomic mass is 32.1. The highest BCUT2D eigenvalue weighted by Gasteiger charge is 2.40. The van der Waals surface area contributed by atoms with E-state index in [1.807, 2.05) is 19.2 Å². The molecule has 1 aliphatic rings. The summed E-state index contributed by atoms with van der Waals surface area (Å²) in [6, 6.07) is 4.21. The number of rotatable bonds is 2. The SMILES string of the molecule is CCc1cc(-c2csc(N)n2)c2c(c1)C(C)(C)C(=O)N2. The Hall–Kier alpha value is -1.88. The van der Waals surface area contributed by atoms with Crippen molar-refractivity contribution in [2.75, 3.05) is 11.1 Å². The summed E-state index contributed by atoms with van der Waals surface area (Å²) in [5.74, 6) is 0.0326. The van der Waals surface area contributed by atoms with Gasteiger partial charge in [-0.15, -0.1) is 11.3 Å². The second kappa shape index (κ2) is 4.31. The van der Waals surface area contributed by atoms with Crippen LogP contribution in [-0.2, 0) is 16.6 Å². The van der Waals surface area contributed by atoms with E-state index in [0.717, 1.165) is 28.9 Å². The van der Waals surface area contributed by atoms with Crippen molar-refractivity contribution in [3.63, 3.8) is 0 Å². The molecule has 0 saturated carbocycles. The van der Waals surface area contributed by atoms with Gasteiger partial charge in [-0.3, -0.25) is 4.79 Å². The van der Waals surface area contributed by atoms with Crippen LogP contribution in [-0.4, -0.2) is 10.9 Å². The predicted molar refractivity (Wildman–Crippen MR) is 83.0 cm³/mol. The smallest absolute Gasteiger partial charge is 0.234 e. The highest BCUT2D eigenvalue weighted by Crippen LogP contribution is 2.44. The van der Waals surface area contributed by atoms with Crippen molar-refractivity contribution in [2.24, 2.45) is 0 Å². The average Bonchev–Trinajstić information content (AvgIpc) is 2.93. The fraction of sp³-hybridized carbons (Fsp3) is 0.333. The fourth-order valence-corrected chi connectivity index (χ4v) is 3.10. The van der Waals surface area contributed by atoms with Gasteiger partial charge in [0.05, 0.1) is 16.8 Å². The van der Waals surface area contributed by atoms with Crippen LogP contribution in [0.4, 0.5) is 10.8 Å². The largest absolute Gasteiger partial charge is 0.375 e. The molecule has 0 atom stereocenters. The van der Waals surface area contributed by atoms with E-state index in [0.29, 0.717) is 5.13 Å². The van der Waals surface area contributed by atoms with Crippen LogP contribution >= 0.6 is 11.3 Å². The number of carbonyl (C=O) groups is 1. The summed E-state index contributed by atoms with van der Waals surface area (Å²) in [6.45, 7) is 6.01. The average molecular weight is 287 g/mol. The van der Waals surface area contributed by atoms with Crippen molar-refractivity contribution in [2.45, 2.75) is 32.6 Å². The van der Waals surface area contributed by atoms with E-state index in [1.54, 1.807) is 0 Å². The first kappa shape index (κ1) is 13.1. The van der Waals surface area contributed by atoms with Gasteiger partial charge in [-0.2, -0.15) is 0 Å². The number of carbonyl (C=O) groups excluding carboxylic acids is 1. The van der Waals surface area contributed by atoms with Crippen molar-refractivity contribution in [1.29, 1.82) is 0 Å². The standard InChI is InChI=1S/C15H17N3OS/c1-4-8-5-9(11-7-20-14(16)17-11)12-10(6-8)15(2,3)13(19)18-12/h5-7H,4H2,1-3H3,(H2,16,17)(H,18,19). The molecule has 0 aliphatic carbocycles. The topological polar surface area (TPSA) is 68.0 Å². The first-order chi connectivity index (χ1) is 9.43. The van der Waals surface area contributed by atoms with Gasteiger partial charge in [0, 0.05) is 10.9 Å². The highest BCUT2D eigenvalue weighted by molar-refractivity contribution is 7.13. The second-order valence-corrected chi connectivity index (χ2v) is 6.46. The number of nitrogens with two attached hydrogens (primary N) is 1. The Bertz CT molecular complexity index is 703. The van der Waals surface area contributed by atoms with Gasteiger partial charge in [0.25, 0.3) is 0 Å². The molecule has 0 unspecified atom stereocenters. The molecule has 3 N–H and O–H groups in total. The number of nitrogen functional groups attached to an aromatic ring is 1. The Balaban J connectivity index is 2.27. The summed E-state index contributed by atoms with van der Waals surface area (Å²) in [5.41, 5.74) is 10.1. The molecule has 4 nitrogen and oxygen atoms in total. The van der Waals surface area contributed by atoms with Gasteiger partial charge in [0.1, 0.15) is 0 Å². The number of hydrogen-bond donors (Lipinski definition) is 2. The Labute approximate surface area is 122 Å². The summed E-state index contributed by atoms with van der Waals surface area (Å²) in [7, 11) is 0. The molecule has 1 aromatic carbocycles. The van der Waals surface area contributed by atoms with Crippen LogP contribution in [0.1, 0.15) is 31.9 Å². The van der Waals surface area contributed by atoms with Crippen molar-refractivity contribution in [3.8, 4) is 11.3 Å². The molecular formula is C15H17N3OS. The lowest BCUT2D eigenvalue weighted by atomic mass is 9.84. The molecule has 0 fully saturated rings. The molecule has 1 aliphatic heterocycles. The van der Waals surface area contributed by atoms with Gasteiger partial charge in [-0.05, 0) is 37.5 Å². The molecule has 20 heavy (non-hydrogen) atoms. The van der Waals surface area contributed by atoms with Crippen LogP contribution in [0.5, 0.6) is 0 Å². The number of nitrogens with one attached hydrogen (secondary N) is 1. The number of hydrogen-bond acceptors (Lipinski definition) is 4. The number of amides is 1. The molecule has 0 spiro atoms. The van der Waals surface area contributed by atoms with Crippen molar-refractivity contribution in [3.05, 3.63) is 28.6 Å². The van der Waals surface area contributed by atoms with E-state index in [4.69, 9.17) is 5.73 Å². The zero-order valence-corrected chi connectivity index (χ0v) is 12.6. The number of aromatic nitrogens is 1. The van der Waals surface area contributed by atoms with E-state index in [1.165, 1.54) is 16.9 Å². The molecular weight excluding hydrogens is 270 g/mol. The zero-order chi connectivity index (χ0) is 14.5. The minimum atomic E-state index is -0.503. The molecule has 0 radical (unpaired) electrons. The predicted octanol–water partition coefficient (Wildman–Crippen LogP) is 3.18. The van der Waals surface area contributed by atoms with Crippen LogP contribution in [0.2, 0.25) is 0 Å². The van der Waals surface area contributed by atoms with E-state index < -0.39 is 5.41 Å². The number of benzene rings is 1. The van der Waals surface area contributed by atoms with Crippen LogP contribution in [0, 0.1) is 0 Å². The zero-order valence-electron chi connectivity index (χ0n) is 11.8. The molecule has 104 valence electrons. The van der Waals surface area contributed by atoms with Crippen molar-refractivity contribution < 1.29 is 4.79 Å². The fourth-order valence-electron chi connectivity index (χ4n) is 2.54.